The summed E-state index contributed by atoms with van der Waals surface area (Å²) in [7, 11) is 4.17. The highest BCUT2D eigenvalue weighted by atomic mass is 79.9. The van der Waals surface area contributed by atoms with E-state index in [4.69, 9.17) is 18.9 Å². The summed E-state index contributed by atoms with van der Waals surface area (Å²) < 4.78 is 67.3. The van der Waals surface area contributed by atoms with Crippen molar-refractivity contribution in [3.8, 4) is 29.7 Å². The molecule has 8 aliphatic rings. The highest BCUT2D eigenvalue weighted by Gasteiger charge is 2.54. The molecule has 508 valence electrons. The fourth-order valence-corrected chi connectivity index (χ4v) is 15.7. The van der Waals surface area contributed by atoms with Crippen molar-refractivity contribution in [2.75, 3.05) is 40.3 Å². The normalized spacial score (nSPS) is 25.9. The number of nitriles is 3. The van der Waals surface area contributed by atoms with E-state index < -0.39 is 64.9 Å². The number of amides is 2. The minimum atomic E-state index is -0.674. The molecular weight excluding hydrogens is 1270 g/mol. The molecule has 0 unspecified atom stereocenters. The number of carbonyl (C=O) groups excluding carboxylic acids is 5. The molecule has 12 atom stereocenters. The molecule has 21 heteroatoms. The maximum Gasteiger partial charge on any atom is 0.411 e. The molecule has 11 rings (SSSR count). The van der Waals surface area contributed by atoms with Gasteiger partial charge in [-0.3, -0.25) is 24.2 Å². The molecule has 2 amide bonds. The number of ether oxygens (including phenoxy) is 4. The van der Waals surface area contributed by atoms with Gasteiger partial charge in [0.25, 0.3) is 0 Å². The zero-order valence-corrected chi connectivity index (χ0v) is 57.4. The summed E-state index contributed by atoms with van der Waals surface area (Å²) in [6.07, 6.45) is 12.1. The van der Waals surface area contributed by atoms with Gasteiger partial charge in [0.15, 0.2) is 17.3 Å². The number of likely N-dealkylation sites (tertiary alicyclic amines) is 4. The second kappa shape index (κ2) is 31.5. The lowest BCUT2D eigenvalue weighted by Gasteiger charge is -2.35. The van der Waals surface area contributed by atoms with Crippen LogP contribution in [0.25, 0.3) is 0 Å². The van der Waals surface area contributed by atoms with Crippen molar-refractivity contribution in [2.45, 2.75) is 223 Å². The second-order valence-corrected chi connectivity index (χ2v) is 30.5. The van der Waals surface area contributed by atoms with Gasteiger partial charge in [0.1, 0.15) is 52.4 Å². The van der Waals surface area contributed by atoms with Gasteiger partial charge in [-0.1, -0.05) is 34.1 Å². The van der Waals surface area contributed by atoms with Crippen molar-refractivity contribution in [3.63, 3.8) is 0 Å². The highest BCUT2D eigenvalue weighted by Crippen LogP contribution is 2.46. The molecular formula is C73H94BrF3N8O9. The van der Waals surface area contributed by atoms with E-state index in [1.807, 2.05) is 0 Å². The van der Waals surface area contributed by atoms with Crippen molar-refractivity contribution >= 4 is 45.5 Å². The van der Waals surface area contributed by atoms with Crippen LogP contribution in [0.2, 0.25) is 0 Å². The van der Waals surface area contributed by atoms with Crippen LogP contribution < -0.4 is 14.8 Å². The average Bonchev–Trinajstić information content (AvgIpc) is 1.55. The minimum Gasteiger partial charge on any atom is -0.490 e. The summed E-state index contributed by atoms with van der Waals surface area (Å²) in [6, 6.07) is 20.2. The first kappa shape index (κ1) is 71.7. The van der Waals surface area contributed by atoms with Crippen molar-refractivity contribution in [3.05, 3.63) is 93.2 Å². The first-order valence-corrected chi connectivity index (χ1v) is 34.7. The van der Waals surface area contributed by atoms with E-state index in [2.05, 4.69) is 63.3 Å². The van der Waals surface area contributed by atoms with Crippen molar-refractivity contribution in [2.24, 2.45) is 35.5 Å². The number of rotatable bonds is 19. The Bertz CT molecular complexity index is 3320. The van der Waals surface area contributed by atoms with Gasteiger partial charge in [-0.05, 0) is 217 Å². The SMILES string of the molecule is CC(C)(C)OC(=O)N1[C@@H]2CC[C@@H](C2)[C@H]1C(=O)C[C@H](C#N)Cc1ccc(Br)cc1F.CN1CCC(Oc2ccc(C[C@@H](C#N)CC(=O)[C@@H]3[C@H]4CC[C@H](C4)N3C(=O)OC(C)(C)C)c(F)c2)CC1.CN1CCC(Oc2ccc(C[C@@H](C#N)CC(=O)[C@H]3N[C@@H]4CC[C@H]3C4)c(F)c2)CC1. The smallest absolute Gasteiger partial charge is 0.411 e. The molecule has 17 nitrogen and oxygen atoms in total. The first-order valence-electron chi connectivity index (χ1n) is 33.9. The van der Waals surface area contributed by atoms with Gasteiger partial charge in [-0.2, -0.15) is 15.8 Å². The van der Waals surface area contributed by atoms with E-state index in [1.54, 1.807) is 87.7 Å². The Hall–Kier alpha value is -6.57. The third-order valence-electron chi connectivity index (χ3n) is 20.0. The lowest BCUT2D eigenvalue weighted by molar-refractivity contribution is -0.127. The predicted octanol–water partition coefficient (Wildman–Crippen LogP) is 12.8. The van der Waals surface area contributed by atoms with Gasteiger partial charge in [0.2, 0.25) is 0 Å². The monoisotopic (exact) mass is 1360 g/mol. The van der Waals surface area contributed by atoms with Crippen LogP contribution in [0.5, 0.6) is 11.5 Å². The number of halogens is 4. The molecule has 3 aliphatic carbocycles. The number of hydrogen-bond donors (Lipinski definition) is 1. The molecule has 5 heterocycles. The third kappa shape index (κ3) is 18.9. The molecule has 5 saturated heterocycles. The standard InChI is InChI=1S/C28H38FN3O4.C23H30FN3O2.C22H26BrFN2O3/c1-28(2,3)36-27(34)32-21-7-5-20(15-21)26(32)25(33)14-18(17-30)13-19-6-8-23(16-24(19)29)35-22-9-11-31(4)12-10-22;1-27-8-6-19(7-9-27)29-20-5-3-16(21(24)13-20)10-15(14-25)11-22(28)23-17-2-4-18(12-17)26-23;1-22(2,3)29-21(28)26-17-7-5-15(10-17)20(26)19(27)9-13(12-25)8-14-4-6-16(23)11-18(14)24/h6,8,16,18,20-22,26H,5,7,9-15H2,1-4H3;3,5,13,15,17-19,23,26H,2,4,6-12H2,1H3;4,6,11,13,15,17,20H,5,7-10H2,1-3H3/t18-,20+,21-,26+;15-,17+,18-,23+;13-,15+,17-,20+/m111/s1. The molecule has 1 N–H and O–H groups in total. The van der Waals surface area contributed by atoms with E-state index in [0.29, 0.717) is 44.6 Å². The van der Waals surface area contributed by atoms with Crippen molar-refractivity contribution in [1.82, 2.24) is 24.9 Å². The lowest BCUT2D eigenvalue weighted by atomic mass is 9.88. The summed E-state index contributed by atoms with van der Waals surface area (Å²) >= 11 is 3.22. The number of piperidine rings is 5. The molecule has 5 aliphatic heterocycles. The summed E-state index contributed by atoms with van der Waals surface area (Å²) in [5.41, 5.74) is -0.0176. The van der Waals surface area contributed by atoms with Gasteiger partial charge < -0.3 is 34.1 Å². The van der Waals surface area contributed by atoms with Crippen LogP contribution in [-0.4, -0.2) is 149 Å². The Morgan fingerprint density at radius 3 is 1.27 bits per heavy atom. The number of ketones is 3. The maximum atomic E-state index is 14.9. The minimum absolute atomic E-state index is 0.000805. The van der Waals surface area contributed by atoms with E-state index in [9.17, 15) is 52.9 Å². The molecule has 3 saturated carbocycles. The summed E-state index contributed by atoms with van der Waals surface area (Å²) in [5.74, 6) is -1.51. The molecule has 0 spiro atoms. The molecule has 0 aromatic heterocycles. The molecule has 94 heavy (non-hydrogen) atoms. The lowest BCUT2D eigenvalue weighted by Crippen LogP contribution is -2.51. The number of Topliss-reactive ketones (excluding diaryl/α,β-unsaturated/α-hetero) is 3. The van der Waals surface area contributed by atoms with E-state index in [0.717, 1.165) is 110 Å². The van der Waals surface area contributed by atoms with Gasteiger partial charge in [-0.25, -0.2) is 22.8 Å². The highest BCUT2D eigenvalue weighted by molar-refractivity contribution is 9.10. The topological polar surface area (TPSA) is 219 Å². The summed E-state index contributed by atoms with van der Waals surface area (Å²) in [6.45, 7) is 14.7. The van der Waals surface area contributed by atoms with Crippen LogP contribution in [0.1, 0.15) is 161 Å². The van der Waals surface area contributed by atoms with Gasteiger partial charge in [0.05, 0.1) is 54.1 Å². The largest absolute Gasteiger partial charge is 0.490 e. The van der Waals surface area contributed by atoms with Crippen LogP contribution in [-0.2, 0) is 43.1 Å². The van der Waals surface area contributed by atoms with Crippen molar-refractivity contribution in [1.29, 1.82) is 15.8 Å². The van der Waals surface area contributed by atoms with E-state index in [-0.39, 0.29) is 104 Å². The van der Waals surface area contributed by atoms with Crippen LogP contribution in [0.15, 0.2) is 59.1 Å². The number of benzene rings is 3. The molecule has 8 fully saturated rings. The number of nitrogens with one attached hydrogen (secondary N) is 1. The quantitative estimate of drug-likeness (QED) is 0.118. The van der Waals surface area contributed by atoms with Gasteiger partial charge >= 0.3 is 12.2 Å². The Morgan fingerprint density at radius 1 is 0.532 bits per heavy atom. The van der Waals surface area contributed by atoms with Crippen LogP contribution >= 0.6 is 15.9 Å². The number of carbonyl (C=O) groups is 5. The molecule has 3 aromatic carbocycles. The van der Waals surface area contributed by atoms with Gasteiger partial charge in [0, 0.05) is 80.2 Å². The summed E-state index contributed by atoms with van der Waals surface area (Å²) in [5, 5.41) is 32.2. The Labute approximate surface area is 561 Å². The maximum absolute atomic E-state index is 14.9. The Morgan fingerprint density at radius 2 is 0.915 bits per heavy atom. The molecule has 3 aromatic rings. The van der Waals surface area contributed by atoms with Crippen molar-refractivity contribution < 1.29 is 56.1 Å². The molecule has 6 bridgehead atoms. The van der Waals surface area contributed by atoms with E-state index >= 15 is 0 Å². The Kier molecular flexibility index (Phi) is 24.1. The third-order valence-corrected chi connectivity index (χ3v) is 20.5. The number of fused-ring (bicyclic) bond motifs is 6. The fraction of sp³-hybridized carbons (Fsp3) is 0.644. The summed E-state index contributed by atoms with van der Waals surface area (Å²) in [4.78, 5) is 72.4. The van der Waals surface area contributed by atoms with E-state index in [1.165, 1.54) is 18.2 Å². The van der Waals surface area contributed by atoms with Gasteiger partial charge in [-0.15, -0.1) is 0 Å². The first-order chi connectivity index (χ1) is 44.6. The van der Waals surface area contributed by atoms with Crippen LogP contribution in [0.4, 0.5) is 22.8 Å². The predicted molar refractivity (Wildman–Crippen MR) is 351 cm³/mol. The zero-order valence-electron chi connectivity index (χ0n) is 55.9. The van der Waals surface area contributed by atoms with Crippen LogP contribution in [0, 0.1) is 87.0 Å². The number of nitrogens with zero attached hydrogens (tertiary/aromatic N) is 7. The zero-order chi connectivity index (χ0) is 67.8. The van der Waals surface area contributed by atoms with Crippen LogP contribution in [0.3, 0.4) is 0 Å². The second-order valence-electron chi connectivity index (χ2n) is 29.6. The average molecular weight is 1360 g/mol. The molecule has 0 radical (unpaired) electrons. The fourth-order valence-electron chi connectivity index (χ4n) is 15.4. The Balaban J connectivity index is 0.000000167. The number of hydrogen-bond acceptors (Lipinski definition) is 15.